The second-order valence-electron chi connectivity index (χ2n) is 4.49. The van der Waals surface area contributed by atoms with Gasteiger partial charge in [0.25, 0.3) is 0 Å². The minimum atomic E-state index is -1.11. The number of carboxylic acid groups (broad SMARTS) is 1. The summed E-state index contributed by atoms with van der Waals surface area (Å²) in [4.78, 5) is 18.9. The molecule has 0 bridgehead atoms. The van der Waals surface area contributed by atoms with Crippen LogP contribution < -0.4 is 5.32 Å². The summed E-state index contributed by atoms with van der Waals surface area (Å²) in [6.45, 7) is 0.449. The molecule has 6 heteroatoms. The van der Waals surface area contributed by atoms with Crippen molar-refractivity contribution < 1.29 is 14.6 Å². The van der Waals surface area contributed by atoms with Gasteiger partial charge in [0.1, 0.15) is 0 Å². The van der Waals surface area contributed by atoms with Crippen molar-refractivity contribution in [3.8, 4) is 0 Å². The lowest BCUT2D eigenvalue weighted by atomic mass is 10.1. The van der Waals surface area contributed by atoms with Crippen molar-refractivity contribution in [3.63, 3.8) is 0 Å². The van der Waals surface area contributed by atoms with Crippen molar-refractivity contribution in [1.29, 1.82) is 0 Å². The molecule has 0 radical (unpaired) electrons. The van der Waals surface area contributed by atoms with Crippen LogP contribution in [0.15, 0.2) is 42.7 Å². The monoisotopic (exact) mass is 287 g/mol. The van der Waals surface area contributed by atoms with Crippen LogP contribution in [0.3, 0.4) is 0 Å². The Labute approximate surface area is 122 Å². The van der Waals surface area contributed by atoms with E-state index in [0.717, 1.165) is 12.0 Å². The molecule has 2 N–H and O–H groups in total. The van der Waals surface area contributed by atoms with E-state index in [4.69, 9.17) is 9.84 Å². The zero-order valence-electron chi connectivity index (χ0n) is 11.7. The molecule has 2 aromatic rings. The Hall–Kier alpha value is -2.47. The minimum Gasteiger partial charge on any atom is -0.476 e. The van der Waals surface area contributed by atoms with Gasteiger partial charge in [-0.05, 0) is 5.56 Å². The Morgan fingerprint density at radius 3 is 2.67 bits per heavy atom. The molecule has 1 atom stereocenters. The number of rotatable bonds is 7. The molecule has 0 fully saturated rings. The number of hydrogen-bond donors (Lipinski definition) is 2. The summed E-state index contributed by atoms with van der Waals surface area (Å²) in [7, 11) is 1.63. The predicted molar refractivity (Wildman–Crippen MR) is 78.4 cm³/mol. The first-order valence-corrected chi connectivity index (χ1v) is 6.55. The maximum atomic E-state index is 11.1. The predicted octanol–water partition coefficient (Wildman–Crippen LogP) is 1.84. The van der Waals surface area contributed by atoms with Crippen molar-refractivity contribution in [3.05, 3.63) is 54.0 Å². The van der Waals surface area contributed by atoms with E-state index in [-0.39, 0.29) is 17.6 Å². The topological polar surface area (TPSA) is 84.3 Å². The molecule has 1 unspecified atom stereocenters. The molecule has 110 valence electrons. The van der Waals surface area contributed by atoms with E-state index in [0.29, 0.717) is 6.54 Å². The fraction of sp³-hybridized carbons (Fsp3) is 0.267. The van der Waals surface area contributed by atoms with Gasteiger partial charge in [0, 0.05) is 32.5 Å². The third-order valence-electron chi connectivity index (χ3n) is 3.04. The Bertz CT molecular complexity index is 590. The maximum absolute atomic E-state index is 11.1. The SMILES string of the molecule is COC(CNc1nccnc1C(=O)O)Cc1ccccc1. The summed E-state index contributed by atoms with van der Waals surface area (Å²) < 4.78 is 5.42. The van der Waals surface area contributed by atoms with Crippen molar-refractivity contribution in [2.75, 3.05) is 19.0 Å². The molecule has 0 spiro atoms. The van der Waals surface area contributed by atoms with Gasteiger partial charge >= 0.3 is 5.97 Å². The van der Waals surface area contributed by atoms with Crippen LogP contribution in [0.4, 0.5) is 5.82 Å². The van der Waals surface area contributed by atoms with Crippen molar-refractivity contribution in [2.45, 2.75) is 12.5 Å². The van der Waals surface area contributed by atoms with E-state index in [9.17, 15) is 4.79 Å². The van der Waals surface area contributed by atoms with Gasteiger partial charge in [-0.3, -0.25) is 0 Å². The number of anilines is 1. The third-order valence-corrected chi connectivity index (χ3v) is 3.04. The fourth-order valence-electron chi connectivity index (χ4n) is 1.95. The van der Waals surface area contributed by atoms with Gasteiger partial charge in [-0.15, -0.1) is 0 Å². The molecule has 0 saturated carbocycles. The van der Waals surface area contributed by atoms with Crippen molar-refractivity contribution in [1.82, 2.24) is 9.97 Å². The van der Waals surface area contributed by atoms with Gasteiger partial charge in [-0.2, -0.15) is 0 Å². The minimum absolute atomic E-state index is 0.0870. The number of aromatic carboxylic acids is 1. The van der Waals surface area contributed by atoms with Gasteiger partial charge in [0.15, 0.2) is 11.5 Å². The van der Waals surface area contributed by atoms with Crippen LogP contribution >= 0.6 is 0 Å². The molecule has 0 aliphatic rings. The first kappa shape index (κ1) is 14.9. The number of carbonyl (C=O) groups is 1. The highest BCUT2D eigenvalue weighted by Gasteiger charge is 2.14. The average Bonchev–Trinajstić information content (AvgIpc) is 2.52. The van der Waals surface area contributed by atoms with E-state index < -0.39 is 5.97 Å². The van der Waals surface area contributed by atoms with E-state index in [1.807, 2.05) is 30.3 Å². The molecule has 0 aliphatic heterocycles. The van der Waals surface area contributed by atoms with Crippen LogP contribution in [-0.2, 0) is 11.2 Å². The van der Waals surface area contributed by atoms with Crippen molar-refractivity contribution in [2.24, 2.45) is 0 Å². The number of benzene rings is 1. The molecule has 0 saturated heterocycles. The molecule has 0 aliphatic carbocycles. The van der Waals surface area contributed by atoms with E-state index in [1.165, 1.54) is 12.4 Å². The summed E-state index contributed by atoms with van der Waals surface area (Å²) in [6.07, 6.45) is 3.45. The molecule has 1 heterocycles. The van der Waals surface area contributed by atoms with E-state index in [2.05, 4.69) is 15.3 Å². The van der Waals surface area contributed by atoms with Gasteiger partial charge in [0.05, 0.1) is 6.10 Å². The lowest BCUT2D eigenvalue weighted by Crippen LogP contribution is -2.25. The Kier molecular flexibility index (Phi) is 5.22. The van der Waals surface area contributed by atoms with Crippen LogP contribution in [0.2, 0.25) is 0 Å². The Morgan fingerprint density at radius 1 is 1.29 bits per heavy atom. The second-order valence-corrected chi connectivity index (χ2v) is 4.49. The summed E-state index contributed by atoms with van der Waals surface area (Å²) in [6, 6.07) is 9.96. The maximum Gasteiger partial charge on any atom is 0.358 e. The molecule has 21 heavy (non-hydrogen) atoms. The van der Waals surface area contributed by atoms with E-state index in [1.54, 1.807) is 7.11 Å². The molecule has 0 amide bonds. The summed E-state index contributed by atoms with van der Waals surface area (Å²) in [5, 5.41) is 12.0. The van der Waals surface area contributed by atoms with Crippen LogP contribution in [0, 0.1) is 0 Å². The zero-order chi connectivity index (χ0) is 15.1. The highest BCUT2D eigenvalue weighted by atomic mass is 16.5. The highest BCUT2D eigenvalue weighted by Crippen LogP contribution is 2.10. The van der Waals surface area contributed by atoms with Gasteiger partial charge in [0.2, 0.25) is 0 Å². The number of ether oxygens (including phenoxy) is 1. The Morgan fingerprint density at radius 2 is 2.00 bits per heavy atom. The smallest absolute Gasteiger partial charge is 0.358 e. The van der Waals surface area contributed by atoms with E-state index >= 15 is 0 Å². The quantitative estimate of drug-likeness (QED) is 0.808. The first-order valence-electron chi connectivity index (χ1n) is 6.55. The zero-order valence-corrected chi connectivity index (χ0v) is 11.7. The summed E-state index contributed by atoms with van der Waals surface area (Å²) in [5.41, 5.74) is 1.07. The summed E-state index contributed by atoms with van der Waals surface area (Å²) >= 11 is 0. The summed E-state index contributed by atoms with van der Waals surface area (Å²) in [5.74, 6) is -0.859. The molecule has 1 aromatic carbocycles. The lowest BCUT2D eigenvalue weighted by molar-refractivity contribution is 0.0690. The lowest BCUT2D eigenvalue weighted by Gasteiger charge is -2.17. The number of aromatic nitrogens is 2. The fourth-order valence-corrected chi connectivity index (χ4v) is 1.95. The largest absolute Gasteiger partial charge is 0.476 e. The number of carboxylic acids is 1. The second kappa shape index (κ2) is 7.35. The number of hydrogen-bond acceptors (Lipinski definition) is 5. The molecule has 2 rings (SSSR count). The van der Waals surface area contributed by atoms with Crippen LogP contribution in [0.25, 0.3) is 0 Å². The molecular weight excluding hydrogens is 270 g/mol. The van der Waals surface area contributed by atoms with Gasteiger partial charge < -0.3 is 15.2 Å². The third kappa shape index (κ3) is 4.25. The molecule has 1 aromatic heterocycles. The van der Waals surface area contributed by atoms with Crippen LogP contribution in [0.1, 0.15) is 16.1 Å². The number of nitrogens with zero attached hydrogens (tertiary/aromatic N) is 2. The normalized spacial score (nSPS) is 11.9. The van der Waals surface area contributed by atoms with Crippen molar-refractivity contribution >= 4 is 11.8 Å². The Balaban J connectivity index is 1.99. The first-order chi connectivity index (χ1) is 10.2. The van der Waals surface area contributed by atoms with Crippen LogP contribution in [-0.4, -0.2) is 40.8 Å². The number of methoxy groups -OCH3 is 1. The molecule has 6 nitrogen and oxygen atoms in total. The van der Waals surface area contributed by atoms with Gasteiger partial charge in [-0.1, -0.05) is 30.3 Å². The van der Waals surface area contributed by atoms with Gasteiger partial charge in [-0.25, -0.2) is 14.8 Å². The van der Waals surface area contributed by atoms with Crippen LogP contribution in [0.5, 0.6) is 0 Å². The number of nitrogens with one attached hydrogen (secondary N) is 1. The average molecular weight is 287 g/mol. The standard InChI is InChI=1S/C15H17N3O3/c1-21-12(9-11-5-3-2-4-6-11)10-18-14-13(15(19)20)16-7-8-17-14/h2-8,12H,9-10H2,1H3,(H,17,18)(H,19,20). The highest BCUT2D eigenvalue weighted by molar-refractivity contribution is 5.90. The molecular formula is C15H17N3O3.